The molecule has 1 amide bonds. The number of amides is 1. The summed E-state index contributed by atoms with van der Waals surface area (Å²) < 4.78 is 27.8. The fraction of sp³-hybridized carbons (Fsp3) is 0.238. The third-order valence-corrected chi connectivity index (χ3v) is 4.65. The SMILES string of the molecule is CN(C)CCN1C(=O)C(=O)/C(=C(/O)c2ccc(F)cc2)[C@H]1c1ccccc1F. The minimum Gasteiger partial charge on any atom is -0.507 e. The second-order valence-electron chi connectivity index (χ2n) is 6.82. The Kier molecular flexibility index (Phi) is 5.56. The maximum absolute atomic E-state index is 14.5. The van der Waals surface area contributed by atoms with E-state index in [4.69, 9.17) is 0 Å². The molecule has 2 aromatic carbocycles. The fourth-order valence-electron chi connectivity index (χ4n) is 3.20. The van der Waals surface area contributed by atoms with E-state index in [2.05, 4.69) is 0 Å². The maximum Gasteiger partial charge on any atom is 0.295 e. The summed E-state index contributed by atoms with van der Waals surface area (Å²) in [6.07, 6.45) is 0. The molecule has 2 aromatic rings. The summed E-state index contributed by atoms with van der Waals surface area (Å²) in [5, 5.41) is 10.7. The van der Waals surface area contributed by atoms with E-state index in [1.807, 2.05) is 19.0 Å². The average molecular weight is 386 g/mol. The number of aliphatic hydroxyl groups is 1. The van der Waals surface area contributed by atoms with Gasteiger partial charge in [0.05, 0.1) is 11.6 Å². The van der Waals surface area contributed by atoms with Crippen LogP contribution in [0.4, 0.5) is 8.78 Å². The van der Waals surface area contributed by atoms with Crippen molar-refractivity contribution in [3.8, 4) is 0 Å². The van der Waals surface area contributed by atoms with E-state index in [1.165, 1.54) is 35.2 Å². The van der Waals surface area contributed by atoms with Gasteiger partial charge in [-0.1, -0.05) is 18.2 Å². The summed E-state index contributed by atoms with van der Waals surface area (Å²) in [6, 6.07) is 9.63. The van der Waals surface area contributed by atoms with Crippen LogP contribution in [0.1, 0.15) is 17.2 Å². The van der Waals surface area contributed by atoms with E-state index in [9.17, 15) is 23.5 Å². The van der Waals surface area contributed by atoms with Crippen LogP contribution >= 0.6 is 0 Å². The van der Waals surface area contributed by atoms with Gasteiger partial charge in [0.25, 0.3) is 11.7 Å². The number of carbonyl (C=O) groups is 2. The Morgan fingerprint density at radius 2 is 1.71 bits per heavy atom. The topological polar surface area (TPSA) is 60.9 Å². The molecule has 1 fully saturated rings. The molecular weight excluding hydrogens is 366 g/mol. The summed E-state index contributed by atoms with van der Waals surface area (Å²) in [7, 11) is 3.63. The molecule has 0 spiro atoms. The number of Topliss-reactive ketones (excluding diaryl/α,β-unsaturated/α-hetero) is 1. The number of likely N-dealkylation sites (tertiary alicyclic amines) is 1. The van der Waals surface area contributed by atoms with Crippen molar-refractivity contribution in [2.75, 3.05) is 27.2 Å². The Bertz CT molecular complexity index is 939. The van der Waals surface area contributed by atoms with Gasteiger partial charge in [0.2, 0.25) is 0 Å². The number of hydrogen-bond acceptors (Lipinski definition) is 4. The van der Waals surface area contributed by atoms with Crippen molar-refractivity contribution in [1.29, 1.82) is 0 Å². The zero-order valence-electron chi connectivity index (χ0n) is 15.5. The van der Waals surface area contributed by atoms with Crippen LogP contribution in [0.3, 0.4) is 0 Å². The Hall–Kier alpha value is -3.06. The van der Waals surface area contributed by atoms with Gasteiger partial charge in [-0.25, -0.2) is 8.78 Å². The maximum atomic E-state index is 14.5. The molecule has 7 heteroatoms. The van der Waals surface area contributed by atoms with Gasteiger partial charge >= 0.3 is 0 Å². The molecule has 1 atom stereocenters. The highest BCUT2D eigenvalue weighted by atomic mass is 19.1. The van der Waals surface area contributed by atoms with Gasteiger partial charge < -0.3 is 14.9 Å². The molecule has 1 aliphatic heterocycles. The Balaban J connectivity index is 2.16. The number of hydrogen-bond donors (Lipinski definition) is 1. The molecule has 5 nitrogen and oxygen atoms in total. The smallest absolute Gasteiger partial charge is 0.295 e. The van der Waals surface area contributed by atoms with Crippen molar-refractivity contribution >= 4 is 17.4 Å². The molecule has 0 saturated carbocycles. The minimum atomic E-state index is -1.06. The van der Waals surface area contributed by atoms with Crippen LogP contribution in [0.5, 0.6) is 0 Å². The summed E-state index contributed by atoms with van der Waals surface area (Å²) in [5.74, 6) is -3.26. The highest BCUT2D eigenvalue weighted by Gasteiger charge is 2.46. The molecule has 1 heterocycles. The number of halogens is 2. The largest absolute Gasteiger partial charge is 0.507 e. The number of likely N-dealkylation sites (N-methyl/N-ethyl adjacent to an activating group) is 1. The van der Waals surface area contributed by atoms with Crippen LogP contribution in [0, 0.1) is 11.6 Å². The molecule has 0 bridgehead atoms. The Labute approximate surface area is 161 Å². The first-order chi connectivity index (χ1) is 13.3. The molecule has 0 aromatic heterocycles. The molecule has 0 radical (unpaired) electrons. The lowest BCUT2D eigenvalue weighted by Gasteiger charge is -2.26. The Morgan fingerprint density at radius 3 is 2.32 bits per heavy atom. The zero-order valence-corrected chi connectivity index (χ0v) is 15.5. The van der Waals surface area contributed by atoms with E-state index < -0.39 is 35.1 Å². The molecule has 0 aliphatic carbocycles. The van der Waals surface area contributed by atoms with Crippen LogP contribution in [0.2, 0.25) is 0 Å². The molecule has 1 N–H and O–H groups in total. The van der Waals surface area contributed by atoms with Crippen LogP contribution < -0.4 is 0 Å². The highest BCUT2D eigenvalue weighted by Crippen LogP contribution is 2.40. The fourth-order valence-corrected chi connectivity index (χ4v) is 3.20. The normalized spacial score (nSPS) is 18.9. The van der Waals surface area contributed by atoms with Gasteiger partial charge in [0.1, 0.15) is 17.4 Å². The van der Waals surface area contributed by atoms with Crippen molar-refractivity contribution in [3.05, 3.63) is 76.9 Å². The van der Waals surface area contributed by atoms with E-state index in [0.717, 1.165) is 12.1 Å². The highest BCUT2D eigenvalue weighted by molar-refractivity contribution is 6.46. The average Bonchev–Trinajstić information content (AvgIpc) is 2.91. The lowest BCUT2D eigenvalue weighted by Crippen LogP contribution is -2.35. The van der Waals surface area contributed by atoms with E-state index in [-0.39, 0.29) is 23.2 Å². The van der Waals surface area contributed by atoms with Gasteiger partial charge in [-0.3, -0.25) is 9.59 Å². The lowest BCUT2D eigenvalue weighted by molar-refractivity contribution is -0.140. The second-order valence-corrected chi connectivity index (χ2v) is 6.82. The van der Waals surface area contributed by atoms with E-state index in [1.54, 1.807) is 6.07 Å². The third kappa shape index (κ3) is 3.66. The van der Waals surface area contributed by atoms with Crippen molar-refractivity contribution in [2.24, 2.45) is 0 Å². The second kappa shape index (κ2) is 7.90. The molecule has 0 unspecified atom stereocenters. The number of aliphatic hydroxyl groups excluding tert-OH is 1. The standard InChI is InChI=1S/C21H20F2N2O3/c1-24(2)11-12-25-18(15-5-3-4-6-16(15)23)17(20(27)21(25)28)19(26)13-7-9-14(22)10-8-13/h3-10,18,26H,11-12H2,1-2H3/b19-17+/t18-/m1/s1. The minimum absolute atomic E-state index is 0.115. The first-order valence-corrected chi connectivity index (χ1v) is 8.74. The molecule has 1 saturated heterocycles. The summed E-state index contributed by atoms with van der Waals surface area (Å²) in [4.78, 5) is 28.5. The van der Waals surface area contributed by atoms with E-state index >= 15 is 0 Å². The molecule has 3 rings (SSSR count). The van der Waals surface area contributed by atoms with Gasteiger partial charge in [-0.2, -0.15) is 0 Å². The van der Waals surface area contributed by atoms with Crippen LogP contribution in [0.15, 0.2) is 54.1 Å². The van der Waals surface area contributed by atoms with Crippen molar-refractivity contribution < 1.29 is 23.5 Å². The Morgan fingerprint density at radius 1 is 1.07 bits per heavy atom. The van der Waals surface area contributed by atoms with Crippen LogP contribution in [-0.4, -0.2) is 53.8 Å². The van der Waals surface area contributed by atoms with Crippen LogP contribution in [0.25, 0.3) is 5.76 Å². The predicted molar refractivity (Wildman–Crippen MR) is 100 cm³/mol. The first kappa shape index (κ1) is 19.7. The number of ketones is 1. The van der Waals surface area contributed by atoms with Gasteiger partial charge in [-0.15, -0.1) is 0 Å². The van der Waals surface area contributed by atoms with Crippen LogP contribution in [-0.2, 0) is 9.59 Å². The summed E-state index contributed by atoms with van der Waals surface area (Å²) in [6.45, 7) is 0.630. The molecule has 146 valence electrons. The van der Waals surface area contributed by atoms with Crippen molar-refractivity contribution in [3.63, 3.8) is 0 Å². The third-order valence-electron chi connectivity index (χ3n) is 4.65. The van der Waals surface area contributed by atoms with Gasteiger partial charge in [0.15, 0.2) is 0 Å². The number of carbonyl (C=O) groups excluding carboxylic acids is 2. The van der Waals surface area contributed by atoms with Crippen molar-refractivity contribution in [2.45, 2.75) is 6.04 Å². The van der Waals surface area contributed by atoms with Crippen molar-refractivity contribution in [1.82, 2.24) is 9.80 Å². The van der Waals surface area contributed by atoms with Gasteiger partial charge in [0, 0.05) is 24.2 Å². The van der Waals surface area contributed by atoms with Gasteiger partial charge in [-0.05, 0) is 44.4 Å². The number of rotatable bonds is 5. The lowest BCUT2D eigenvalue weighted by atomic mass is 9.95. The number of benzene rings is 2. The molecule has 1 aliphatic rings. The summed E-state index contributed by atoms with van der Waals surface area (Å²) in [5.41, 5.74) is 0.0814. The summed E-state index contributed by atoms with van der Waals surface area (Å²) >= 11 is 0. The predicted octanol–water partition coefficient (Wildman–Crippen LogP) is 2.95. The quantitative estimate of drug-likeness (QED) is 0.488. The monoisotopic (exact) mass is 386 g/mol. The first-order valence-electron chi connectivity index (χ1n) is 8.74. The van der Waals surface area contributed by atoms with E-state index in [0.29, 0.717) is 6.54 Å². The zero-order chi connectivity index (χ0) is 20.4. The molecule has 28 heavy (non-hydrogen) atoms. The molecular formula is C21H20F2N2O3. The number of nitrogens with zero attached hydrogens (tertiary/aromatic N) is 2.